The maximum Gasteiger partial charge on any atom is 0.471 e. The number of hydrogen-bond acceptors (Lipinski definition) is 2. The Hall–Kier alpha value is -2.05. The summed E-state index contributed by atoms with van der Waals surface area (Å²) in [6.07, 6.45) is -4.19. The van der Waals surface area contributed by atoms with E-state index in [0.29, 0.717) is 18.4 Å². The molecule has 2 rings (SSSR count). The molecule has 2 amide bonds. The maximum atomic E-state index is 12.3. The molecule has 1 aromatic carbocycles. The van der Waals surface area contributed by atoms with Gasteiger partial charge in [0.25, 0.3) is 5.91 Å². The third-order valence-corrected chi connectivity index (χ3v) is 3.40. The Labute approximate surface area is 119 Å². The van der Waals surface area contributed by atoms with E-state index in [0.717, 1.165) is 4.90 Å². The minimum atomic E-state index is -4.83. The lowest BCUT2D eigenvalue weighted by Crippen LogP contribution is -2.50. The summed E-state index contributed by atoms with van der Waals surface area (Å²) < 4.78 is 36.9. The smallest absolute Gasteiger partial charge is 0.349 e. The van der Waals surface area contributed by atoms with E-state index in [1.165, 1.54) is 0 Å². The quantitative estimate of drug-likeness (QED) is 0.908. The average molecular weight is 300 g/mol. The van der Waals surface area contributed by atoms with Crippen molar-refractivity contribution < 1.29 is 22.8 Å². The van der Waals surface area contributed by atoms with Crippen LogP contribution in [-0.2, 0) is 4.79 Å². The van der Waals surface area contributed by atoms with E-state index < -0.39 is 12.1 Å². The minimum absolute atomic E-state index is 0.00191. The summed E-state index contributed by atoms with van der Waals surface area (Å²) in [7, 11) is 0. The molecule has 1 N–H and O–H groups in total. The molecule has 0 spiro atoms. The molecule has 1 saturated heterocycles. The van der Waals surface area contributed by atoms with Crippen molar-refractivity contribution in [3.8, 4) is 0 Å². The zero-order valence-corrected chi connectivity index (χ0v) is 11.2. The Morgan fingerprint density at radius 2 is 1.67 bits per heavy atom. The van der Waals surface area contributed by atoms with Gasteiger partial charge in [-0.15, -0.1) is 0 Å². The van der Waals surface area contributed by atoms with Crippen molar-refractivity contribution in [1.82, 2.24) is 10.2 Å². The van der Waals surface area contributed by atoms with Crippen LogP contribution >= 0.6 is 0 Å². The normalized spacial score (nSPS) is 16.6. The Balaban J connectivity index is 1.85. The fourth-order valence-corrected chi connectivity index (χ4v) is 2.26. The van der Waals surface area contributed by atoms with Crippen molar-refractivity contribution in [3.63, 3.8) is 0 Å². The summed E-state index contributed by atoms with van der Waals surface area (Å²) in [5, 5.41) is 2.78. The van der Waals surface area contributed by atoms with Crippen LogP contribution < -0.4 is 5.32 Å². The number of halogens is 3. The summed E-state index contributed by atoms with van der Waals surface area (Å²) >= 11 is 0. The number of carbonyl (C=O) groups excluding carboxylic acids is 2. The fourth-order valence-electron chi connectivity index (χ4n) is 2.26. The van der Waals surface area contributed by atoms with Crippen molar-refractivity contribution in [2.45, 2.75) is 25.1 Å². The summed E-state index contributed by atoms with van der Waals surface area (Å²) in [6.45, 7) is -0.00381. The van der Waals surface area contributed by atoms with Crippen LogP contribution in [0.15, 0.2) is 30.3 Å². The van der Waals surface area contributed by atoms with Crippen LogP contribution in [0.25, 0.3) is 0 Å². The first-order chi connectivity index (χ1) is 9.88. The summed E-state index contributed by atoms with van der Waals surface area (Å²) in [5.41, 5.74) is 0.506. The van der Waals surface area contributed by atoms with E-state index in [-0.39, 0.29) is 25.0 Å². The van der Waals surface area contributed by atoms with Gasteiger partial charge in [0.2, 0.25) is 0 Å². The van der Waals surface area contributed by atoms with E-state index in [1.807, 2.05) is 0 Å². The van der Waals surface area contributed by atoms with Gasteiger partial charge in [0.15, 0.2) is 0 Å². The Morgan fingerprint density at radius 3 is 2.19 bits per heavy atom. The van der Waals surface area contributed by atoms with Crippen molar-refractivity contribution in [3.05, 3.63) is 35.9 Å². The predicted octanol–water partition coefficient (Wildman–Crippen LogP) is 1.97. The highest BCUT2D eigenvalue weighted by Gasteiger charge is 2.43. The number of nitrogens with one attached hydrogen (secondary N) is 1. The van der Waals surface area contributed by atoms with E-state index in [4.69, 9.17) is 0 Å². The molecule has 7 heteroatoms. The molecule has 1 aliphatic rings. The van der Waals surface area contributed by atoms with Crippen LogP contribution in [0.3, 0.4) is 0 Å². The number of nitrogens with zero attached hydrogens (tertiary/aromatic N) is 1. The third-order valence-electron chi connectivity index (χ3n) is 3.40. The Kier molecular flexibility index (Phi) is 4.50. The summed E-state index contributed by atoms with van der Waals surface area (Å²) in [5.74, 6) is -2.06. The number of alkyl halides is 3. The van der Waals surface area contributed by atoms with E-state index in [9.17, 15) is 22.8 Å². The average Bonchev–Trinajstić information content (AvgIpc) is 2.47. The van der Waals surface area contributed by atoms with Crippen LogP contribution in [0.4, 0.5) is 13.2 Å². The molecule has 0 unspecified atom stereocenters. The molecule has 0 aromatic heterocycles. The first-order valence-corrected chi connectivity index (χ1v) is 6.60. The van der Waals surface area contributed by atoms with Crippen molar-refractivity contribution >= 4 is 11.8 Å². The molecule has 1 aromatic rings. The van der Waals surface area contributed by atoms with Crippen LogP contribution in [0, 0.1) is 0 Å². The van der Waals surface area contributed by atoms with Crippen LogP contribution in [0.5, 0.6) is 0 Å². The number of hydrogen-bond donors (Lipinski definition) is 1. The minimum Gasteiger partial charge on any atom is -0.349 e. The van der Waals surface area contributed by atoms with Crippen molar-refractivity contribution in [2.24, 2.45) is 0 Å². The molecule has 1 heterocycles. The lowest BCUT2D eigenvalue weighted by atomic mass is 10.0. The van der Waals surface area contributed by atoms with Crippen molar-refractivity contribution in [1.29, 1.82) is 0 Å². The van der Waals surface area contributed by atoms with E-state index in [2.05, 4.69) is 5.32 Å². The van der Waals surface area contributed by atoms with Gasteiger partial charge >= 0.3 is 12.1 Å². The van der Waals surface area contributed by atoms with Gasteiger partial charge in [-0.2, -0.15) is 13.2 Å². The first-order valence-electron chi connectivity index (χ1n) is 6.60. The number of likely N-dealkylation sites (tertiary alicyclic amines) is 1. The zero-order valence-electron chi connectivity index (χ0n) is 11.2. The van der Waals surface area contributed by atoms with Crippen molar-refractivity contribution in [2.75, 3.05) is 13.1 Å². The van der Waals surface area contributed by atoms with Gasteiger partial charge in [-0.1, -0.05) is 18.2 Å². The van der Waals surface area contributed by atoms with Gasteiger partial charge in [-0.3, -0.25) is 9.59 Å². The van der Waals surface area contributed by atoms with Gasteiger partial charge in [-0.25, -0.2) is 0 Å². The number of piperidine rings is 1. The zero-order chi connectivity index (χ0) is 15.5. The molecule has 0 saturated carbocycles. The lowest BCUT2D eigenvalue weighted by Gasteiger charge is -2.32. The first kappa shape index (κ1) is 15.3. The number of benzene rings is 1. The third kappa shape index (κ3) is 3.96. The Morgan fingerprint density at radius 1 is 1.10 bits per heavy atom. The highest BCUT2D eigenvalue weighted by Crippen LogP contribution is 2.21. The molecule has 114 valence electrons. The topological polar surface area (TPSA) is 49.4 Å². The number of carbonyl (C=O) groups is 2. The lowest BCUT2D eigenvalue weighted by molar-refractivity contribution is -0.186. The molecule has 1 aliphatic heterocycles. The maximum absolute atomic E-state index is 12.3. The molecule has 21 heavy (non-hydrogen) atoms. The van der Waals surface area contributed by atoms with Gasteiger partial charge in [0.05, 0.1) is 0 Å². The Bertz CT molecular complexity index is 509. The monoisotopic (exact) mass is 300 g/mol. The van der Waals surface area contributed by atoms with Crippen LogP contribution in [-0.4, -0.2) is 42.0 Å². The van der Waals surface area contributed by atoms with Gasteiger partial charge in [0, 0.05) is 24.7 Å². The van der Waals surface area contributed by atoms with E-state index in [1.54, 1.807) is 30.3 Å². The summed E-state index contributed by atoms with van der Waals surface area (Å²) in [6, 6.07) is 8.38. The van der Waals surface area contributed by atoms with Gasteiger partial charge < -0.3 is 10.2 Å². The molecule has 0 atom stereocenters. The molecular formula is C14H15F3N2O2. The molecule has 4 nitrogen and oxygen atoms in total. The fraction of sp³-hybridized carbons (Fsp3) is 0.429. The SMILES string of the molecule is O=C(NC1CCN(C(=O)C(F)(F)F)CC1)c1ccccc1. The van der Waals surface area contributed by atoms with E-state index >= 15 is 0 Å². The molecular weight excluding hydrogens is 285 g/mol. The van der Waals surface area contributed by atoms with Crippen LogP contribution in [0.1, 0.15) is 23.2 Å². The number of rotatable bonds is 2. The molecule has 0 radical (unpaired) electrons. The highest BCUT2D eigenvalue weighted by molar-refractivity contribution is 5.94. The molecule has 0 aliphatic carbocycles. The van der Waals surface area contributed by atoms with Gasteiger partial charge in [0.1, 0.15) is 0 Å². The predicted molar refractivity (Wildman–Crippen MR) is 69.6 cm³/mol. The summed E-state index contributed by atoms with van der Waals surface area (Å²) in [4.78, 5) is 23.8. The molecule has 1 fully saturated rings. The second-order valence-electron chi connectivity index (χ2n) is 4.90. The molecule has 0 bridgehead atoms. The highest BCUT2D eigenvalue weighted by atomic mass is 19.4. The van der Waals surface area contributed by atoms with Crippen LogP contribution in [0.2, 0.25) is 0 Å². The standard InChI is InChI=1S/C14H15F3N2O2/c15-14(16,17)13(21)19-8-6-11(7-9-19)18-12(20)10-4-2-1-3-5-10/h1-5,11H,6-9H2,(H,18,20). The number of amides is 2. The second kappa shape index (κ2) is 6.15. The largest absolute Gasteiger partial charge is 0.471 e. The van der Waals surface area contributed by atoms with Gasteiger partial charge in [-0.05, 0) is 25.0 Å². The second-order valence-corrected chi connectivity index (χ2v) is 4.90.